The van der Waals surface area contributed by atoms with Crippen molar-refractivity contribution in [3.05, 3.63) is 82.1 Å². The van der Waals surface area contributed by atoms with Gasteiger partial charge in [0.05, 0.1) is 16.7 Å². The van der Waals surface area contributed by atoms with E-state index in [1.165, 1.54) is 4.90 Å². The van der Waals surface area contributed by atoms with Crippen molar-refractivity contribution in [2.45, 2.75) is 64.3 Å². The van der Waals surface area contributed by atoms with Gasteiger partial charge in [0.2, 0.25) is 5.79 Å². The fourth-order valence-corrected chi connectivity index (χ4v) is 6.03. The summed E-state index contributed by atoms with van der Waals surface area (Å²) in [5.41, 5.74) is 3.69. The highest BCUT2D eigenvalue weighted by atomic mass is 16.7. The minimum atomic E-state index is -0.840. The summed E-state index contributed by atoms with van der Waals surface area (Å²) >= 11 is 0. The van der Waals surface area contributed by atoms with Crippen molar-refractivity contribution in [1.82, 2.24) is 4.90 Å². The van der Waals surface area contributed by atoms with Gasteiger partial charge in [0.15, 0.2) is 5.78 Å². The number of ether oxygens (including phenoxy) is 2. The molecule has 6 heteroatoms. The fourth-order valence-electron chi connectivity index (χ4n) is 6.03. The number of Topliss-reactive ketones (excluding diaryl/α,β-unsaturated/α-hetero) is 1. The molecule has 0 N–H and O–H groups in total. The number of fused-ring (bicyclic) bond motifs is 6. The van der Waals surface area contributed by atoms with Crippen LogP contribution in [0.15, 0.2) is 59.9 Å². The highest BCUT2D eigenvalue weighted by Gasteiger charge is 2.52. The maximum Gasteiger partial charge on any atom is 0.261 e. The Bertz CT molecular complexity index is 1260. The predicted molar refractivity (Wildman–Crippen MR) is 128 cm³/mol. The largest absolute Gasteiger partial charge is 0.466 e. The van der Waals surface area contributed by atoms with E-state index in [1.807, 2.05) is 12.1 Å². The van der Waals surface area contributed by atoms with Gasteiger partial charge in [0.1, 0.15) is 11.9 Å². The topological polar surface area (TPSA) is 72.9 Å². The molecule has 0 radical (unpaired) electrons. The second kappa shape index (κ2) is 7.89. The third kappa shape index (κ3) is 3.62. The number of nitrogens with zero attached hydrogens (tertiary/aromatic N) is 1. The Balaban J connectivity index is 1.21. The lowest BCUT2D eigenvalue weighted by atomic mass is 9.72. The number of imide groups is 1. The number of hydrogen-bond acceptors (Lipinski definition) is 5. The van der Waals surface area contributed by atoms with Crippen molar-refractivity contribution in [3.63, 3.8) is 0 Å². The monoisotopic (exact) mass is 471 g/mol. The average Bonchev–Trinajstić information content (AvgIpc) is 3.05. The molecule has 6 nitrogen and oxygen atoms in total. The number of allylic oxidation sites excluding steroid dienone is 1. The lowest BCUT2D eigenvalue weighted by Gasteiger charge is -2.50. The summed E-state index contributed by atoms with van der Waals surface area (Å²) in [5, 5.41) is 0. The molecule has 2 amide bonds. The van der Waals surface area contributed by atoms with Crippen LogP contribution in [0.1, 0.15) is 83.9 Å². The van der Waals surface area contributed by atoms with Crippen LogP contribution in [0.25, 0.3) is 0 Å². The summed E-state index contributed by atoms with van der Waals surface area (Å²) in [6.07, 6.45) is 3.41. The SMILES string of the molecule is CC1(C)CC(=O)C2=C(C1)O[C@@]1(CCCCN3C(=O)c4ccccc4C3=O)Cc3ccccc3[C@H]2O1. The first-order chi connectivity index (χ1) is 16.8. The molecule has 1 aliphatic carbocycles. The van der Waals surface area contributed by atoms with Gasteiger partial charge in [-0.25, -0.2) is 0 Å². The Labute approximate surface area is 204 Å². The van der Waals surface area contributed by atoms with Crippen LogP contribution in [0.5, 0.6) is 0 Å². The first-order valence-corrected chi connectivity index (χ1v) is 12.4. The molecule has 35 heavy (non-hydrogen) atoms. The van der Waals surface area contributed by atoms with Crippen molar-refractivity contribution in [1.29, 1.82) is 0 Å². The van der Waals surface area contributed by atoms with Gasteiger partial charge in [-0.3, -0.25) is 19.3 Å². The summed E-state index contributed by atoms with van der Waals surface area (Å²) in [7, 11) is 0. The van der Waals surface area contributed by atoms with Gasteiger partial charge in [0, 0.05) is 32.2 Å². The van der Waals surface area contributed by atoms with E-state index in [2.05, 4.69) is 26.0 Å². The Morgan fingerprint density at radius 1 is 0.886 bits per heavy atom. The molecule has 2 aromatic carbocycles. The number of carbonyl (C=O) groups excluding carboxylic acids is 3. The fraction of sp³-hybridized carbons (Fsp3) is 0.414. The zero-order chi connectivity index (χ0) is 24.4. The van der Waals surface area contributed by atoms with Crippen LogP contribution in [0.4, 0.5) is 0 Å². The molecule has 0 unspecified atom stereocenters. The summed E-state index contributed by atoms with van der Waals surface area (Å²) in [6.45, 7) is 4.57. The molecule has 2 bridgehead atoms. The highest BCUT2D eigenvalue weighted by Crippen LogP contribution is 2.53. The van der Waals surface area contributed by atoms with Crippen molar-refractivity contribution in [3.8, 4) is 0 Å². The van der Waals surface area contributed by atoms with Crippen LogP contribution in [0.3, 0.4) is 0 Å². The molecular formula is C29H29NO5. The summed E-state index contributed by atoms with van der Waals surface area (Å²) in [6, 6.07) is 15.1. The van der Waals surface area contributed by atoms with Gasteiger partial charge in [-0.2, -0.15) is 0 Å². The van der Waals surface area contributed by atoms with Gasteiger partial charge in [-0.1, -0.05) is 50.2 Å². The van der Waals surface area contributed by atoms with Gasteiger partial charge in [-0.05, 0) is 41.5 Å². The maximum absolute atomic E-state index is 13.1. The predicted octanol–water partition coefficient (Wildman–Crippen LogP) is 5.14. The quantitative estimate of drug-likeness (QED) is 0.446. The molecule has 0 spiro atoms. The third-order valence-electron chi connectivity index (χ3n) is 7.65. The Morgan fingerprint density at radius 3 is 2.31 bits per heavy atom. The number of carbonyl (C=O) groups is 3. The van der Waals surface area contributed by atoms with E-state index < -0.39 is 11.9 Å². The average molecular weight is 472 g/mol. The van der Waals surface area contributed by atoms with Crippen molar-refractivity contribution in [2.75, 3.05) is 6.54 Å². The number of benzene rings is 2. The molecule has 3 aliphatic heterocycles. The Hall–Kier alpha value is -3.25. The van der Waals surface area contributed by atoms with Crippen LogP contribution in [-0.2, 0) is 20.7 Å². The standard InChI is InChI=1S/C29H29NO5/c1-28(2)16-22(31)24-23(17-28)34-29(15-18-9-3-4-10-19(18)25(24)35-29)13-7-8-14-30-26(32)20-11-5-6-12-21(20)27(30)33/h3-6,9-12,25H,7-8,13-17H2,1-2H3/t25-,29-/m1/s1. The number of ketones is 1. The van der Waals surface area contributed by atoms with Gasteiger partial charge in [0.25, 0.3) is 11.8 Å². The normalized spacial score (nSPS) is 26.3. The third-order valence-corrected chi connectivity index (χ3v) is 7.65. The van der Waals surface area contributed by atoms with Crippen molar-refractivity contribution >= 4 is 17.6 Å². The molecule has 3 heterocycles. The van der Waals surface area contributed by atoms with Crippen molar-refractivity contribution < 1.29 is 23.9 Å². The molecule has 0 fully saturated rings. The second-order valence-corrected chi connectivity index (χ2v) is 10.9. The van der Waals surface area contributed by atoms with E-state index in [0.717, 1.165) is 23.3 Å². The highest BCUT2D eigenvalue weighted by molar-refractivity contribution is 6.21. The number of unbranched alkanes of at least 4 members (excludes halogenated alkanes) is 1. The van der Waals surface area contributed by atoms with E-state index >= 15 is 0 Å². The lowest BCUT2D eigenvalue weighted by Crippen LogP contribution is -2.49. The van der Waals surface area contributed by atoms with Crippen molar-refractivity contribution in [2.24, 2.45) is 5.41 Å². The minimum absolute atomic E-state index is 0.108. The first-order valence-electron chi connectivity index (χ1n) is 12.4. The van der Waals surface area contributed by atoms with Gasteiger partial charge in [-0.15, -0.1) is 0 Å². The molecule has 2 aromatic rings. The molecular weight excluding hydrogens is 442 g/mol. The number of rotatable bonds is 5. The van der Waals surface area contributed by atoms with Crippen LogP contribution >= 0.6 is 0 Å². The van der Waals surface area contributed by atoms with Crippen LogP contribution in [0.2, 0.25) is 0 Å². The first kappa shape index (κ1) is 22.2. The number of hydrogen-bond donors (Lipinski definition) is 0. The Morgan fingerprint density at radius 2 is 1.57 bits per heavy atom. The number of amides is 2. The Kier molecular flexibility index (Phi) is 5.01. The molecule has 4 aliphatic rings. The minimum Gasteiger partial charge on any atom is -0.466 e. The van der Waals surface area contributed by atoms with E-state index in [1.54, 1.807) is 24.3 Å². The summed E-state index contributed by atoms with van der Waals surface area (Å²) < 4.78 is 13.1. The maximum atomic E-state index is 13.1. The molecule has 0 saturated carbocycles. The van der Waals surface area contributed by atoms with E-state index in [4.69, 9.17) is 9.47 Å². The molecule has 180 valence electrons. The van der Waals surface area contributed by atoms with Crippen LogP contribution in [0, 0.1) is 5.41 Å². The zero-order valence-corrected chi connectivity index (χ0v) is 20.1. The smallest absolute Gasteiger partial charge is 0.261 e. The van der Waals surface area contributed by atoms with Crippen LogP contribution < -0.4 is 0 Å². The lowest BCUT2D eigenvalue weighted by molar-refractivity contribution is -0.266. The molecule has 6 rings (SSSR count). The molecule has 0 saturated heterocycles. The zero-order valence-electron chi connectivity index (χ0n) is 20.1. The van der Waals surface area contributed by atoms with Gasteiger partial charge < -0.3 is 9.47 Å². The van der Waals surface area contributed by atoms with Gasteiger partial charge >= 0.3 is 0 Å². The molecule has 2 atom stereocenters. The summed E-state index contributed by atoms with van der Waals surface area (Å²) in [4.78, 5) is 39.8. The van der Waals surface area contributed by atoms with E-state index in [0.29, 0.717) is 55.3 Å². The molecule has 0 aromatic heterocycles. The van der Waals surface area contributed by atoms with Crippen LogP contribution in [-0.4, -0.2) is 34.8 Å². The summed E-state index contributed by atoms with van der Waals surface area (Å²) in [5.74, 6) is -0.403. The van der Waals surface area contributed by atoms with E-state index in [9.17, 15) is 14.4 Å². The second-order valence-electron chi connectivity index (χ2n) is 10.9. The van der Waals surface area contributed by atoms with E-state index in [-0.39, 0.29) is 23.0 Å².